The smallest absolute Gasteiger partial charge is 0.145 e. The summed E-state index contributed by atoms with van der Waals surface area (Å²) >= 11 is 0. The fourth-order valence-corrected chi connectivity index (χ4v) is 2.40. The second-order valence-corrected chi connectivity index (χ2v) is 5.08. The molecule has 1 fully saturated rings. The molecule has 102 valence electrons. The molecule has 0 radical (unpaired) electrons. The summed E-state index contributed by atoms with van der Waals surface area (Å²) in [5.41, 5.74) is 0.182. The lowest BCUT2D eigenvalue weighted by atomic mass is 9.94. The van der Waals surface area contributed by atoms with Gasteiger partial charge in [-0.25, -0.2) is 9.97 Å². The van der Waals surface area contributed by atoms with Crippen LogP contribution in [0.2, 0.25) is 0 Å². The molecule has 1 aliphatic heterocycles. The molecule has 0 aliphatic carbocycles. The molecule has 19 heavy (non-hydrogen) atoms. The Morgan fingerprint density at radius 1 is 1.42 bits per heavy atom. The van der Waals surface area contributed by atoms with Gasteiger partial charge in [0.05, 0.1) is 11.0 Å². The first-order valence-corrected chi connectivity index (χ1v) is 6.48. The van der Waals surface area contributed by atoms with Gasteiger partial charge < -0.3 is 19.7 Å². The summed E-state index contributed by atoms with van der Waals surface area (Å²) < 4.78 is 7.22. The van der Waals surface area contributed by atoms with Gasteiger partial charge in [0.25, 0.3) is 0 Å². The Kier molecular flexibility index (Phi) is 3.12. The zero-order valence-electron chi connectivity index (χ0n) is 11.0. The Bertz CT molecular complexity index is 575. The minimum absolute atomic E-state index is 0.483. The summed E-state index contributed by atoms with van der Waals surface area (Å²) in [5, 5.41) is 14.6. The van der Waals surface area contributed by atoms with Crippen LogP contribution in [0.3, 0.4) is 0 Å². The molecule has 0 atom stereocenters. The molecule has 0 amide bonds. The summed E-state index contributed by atoms with van der Waals surface area (Å²) in [4.78, 5) is 8.50. The number of aryl methyl sites for hydroxylation is 1. The molecule has 3 heterocycles. The predicted molar refractivity (Wildman–Crippen MR) is 72.0 cm³/mol. The van der Waals surface area contributed by atoms with E-state index in [0.717, 1.165) is 16.9 Å². The van der Waals surface area contributed by atoms with E-state index in [1.807, 2.05) is 23.9 Å². The maximum Gasteiger partial charge on any atom is 0.145 e. The van der Waals surface area contributed by atoms with Crippen molar-refractivity contribution >= 4 is 16.9 Å². The van der Waals surface area contributed by atoms with Gasteiger partial charge in [-0.1, -0.05) is 0 Å². The zero-order valence-corrected chi connectivity index (χ0v) is 11.0. The van der Waals surface area contributed by atoms with Gasteiger partial charge in [0.2, 0.25) is 0 Å². The molecule has 1 saturated heterocycles. The summed E-state index contributed by atoms with van der Waals surface area (Å²) in [6, 6.07) is 1.98. The molecule has 6 nitrogen and oxygen atoms in total. The number of fused-ring (bicyclic) bond motifs is 1. The fourth-order valence-electron chi connectivity index (χ4n) is 2.40. The van der Waals surface area contributed by atoms with Crippen molar-refractivity contribution in [1.82, 2.24) is 14.5 Å². The van der Waals surface area contributed by atoms with Crippen molar-refractivity contribution in [3.05, 3.63) is 18.6 Å². The number of aliphatic hydroxyl groups is 1. The van der Waals surface area contributed by atoms with E-state index >= 15 is 0 Å². The minimum atomic E-state index is -0.704. The third kappa shape index (κ3) is 2.41. The molecule has 3 rings (SSSR count). The highest BCUT2D eigenvalue weighted by atomic mass is 16.5. The maximum atomic E-state index is 10.4. The van der Waals surface area contributed by atoms with Crippen LogP contribution in [0.4, 0.5) is 5.82 Å². The monoisotopic (exact) mass is 262 g/mol. The van der Waals surface area contributed by atoms with Crippen LogP contribution >= 0.6 is 0 Å². The largest absolute Gasteiger partial charge is 0.388 e. The van der Waals surface area contributed by atoms with E-state index < -0.39 is 5.60 Å². The van der Waals surface area contributed by atoms with Crippen molar-refractivity contribution in [3.63, 3.8) is 0 Å². The Hall–Kier alpha value is -1.66. The molecule has 0 unspecified atom stereocenters. The average Bonchev–Trinajstić information content (AvgIpc) is 2.80. The van der Waals surface area contributed by atoms with Crippen molar-refractivity contribution < 1.29 is 9.84 Å². The Labute approximate surface area is 111 Å². The van der Waals surface area contributed by atoms with E-state index in [9.17, 15) is 5.11 Å². The van der Waals surface area contributed by atoms with Crippen molar-refractivity contribution in [2.24, 2.45) is 7.05 Å². The minimum Gasteiger partial charge on any atom is -0.388 e. The Morgan fingerprint density at radius 2 is 2.21 bits per heavy atom. The summed E-state index contributed by atoms with van der Waals surface area (Å²) in [6.07, 6.45) is 4.80. The molecular formula is C13H18N4O2. The van der Waals surface area contributed by atoms with Crippen LogP contribution in [0.25, 0.3) is 11.0 Å². The number of anilines is 1. The van der Waals surface area contributed by atoms with Crippen LogP contribution in [0.1, 0.15) is 12.8 Å². The van der Waals surface area contributed by atoms with E-state index in [1.165, 1.54) is 0 Å². The topological polar surface area (TPSA) is 72.2 Å². The van der Waals surface area contributed by atoms with Gasteiger partial charge in [-0.2, -0.15) is 0 Å². The summed E-state index contributed by atoms with van der Waals surface area (Å²) in [6.45, 7) is 1.71. The lowest BCUT2D eigenvalue weighted by Gasteiger charge is -2.32. The molecule has 2 aromatic heterocycles. The number of rotatable bonds is 3. The third-order valence-electron chi connectivity index (χ3n) is 3.67. The molecule has 0 spiro atoms. The molecule has 2 aromatic rings. The number of aromatic nitrogens is 3. The average molecular weight is 262 g/mol. The highest BCUT2D eigenvalue weighted by molar-refractivity contribution is 5.87. The van der Waals surface area contributed by atoms with Gasteiger partial charge in [-0.15, -0.1) is 0 Å². The van der Waals surface area contributed by atoms with Crippen molar-refractivity contribution in [1.29, 1.82) is 0 Å². The summed E-state index contributed by atoms with van der Waals surface area (Å²) in [5.74, 6) is 0.769. The van der Waals surface area contributed by atoms with E-state index in [0.29, 0.717) is 32.6 Å². The molecule has 1 aliphatic rings. The van der Waals surface area contributed by atoms with Gasteiger partial charge in [-0.3, -0.25) is 0 Å². The lowest BCUT2D eigenvalue weighted by Crippen LogP contribution is -2.42. The van der Waals surface area contributed by atoms with Crippen molar-refractivity contribution in [2.75, 3.05) is 25.1 Å². The zero-order chi connectivity index (χ0) is 13.3. The first kappa shape index (κ1) is 12.4. The van der Waals surface area contributed by atoms with Gasteiger partial charge in [0.15, 0.2) is 0 Å². The van der Waals surface area contributed by atoms with Crippen LogP contribution in [0.15, 0.2) is 18.6 Å². The van der Waals surface area contributed by atoms with Crippen LogP contribution < -0.4 is 5.32 Å². The highest BCUT2D eigenvalue weighted by Gasteiger charge is 2.29. The second-order valence-electron chi connectivity index (χ2n) is 5.08. The van der Waals surface area contributed by atoms with Gasteiger partial charge in [0.1, 0.15) is 17.8 Å². The van der Waals surface area contributed by atoms with Crippen LogP contribution in [0, 0.1) is 0 Å². The van der Waals surface area contributed by atoms with Crippen LogP contribution in [-0.4, -0.2) is 45.0 Å². The van der Waals surface area contributed by atoms with Crippen molar-refractivity contribution in [2.45, 2.75) is 18.4 Å². The van der Waals surface area contributed by atoms with Gasteiger partial charge in [-0.05, 0) is 6.07 Å². The number of nitrogens with zero attached hydrogens (tertiary/aromatic N) is 3. The van der Waals surface area contributed by atoms with E-state index in [4.69, 9.17) is 4.74 Å². The number of ether oxygens (including phenoxy) is 1. The maximum absolute atomic E-state index is 10.4. The molecule has 0 saturated carbocycles. The quantitative estimate of drug-likeness (QED) is 0.860. The predicted octanol–water partition coefficient (Wildman–Crippen LogP) is 0.922. The standard InChI is InChI=1S/C13H18N4O2/c1-17-5-2-10-11(15-9-16-12(10)17)14-8-13(18)3-6-19-7-4-13/h2,5,9,18H,3-4,6-8H2,1H3,(H,14,15,16). The second kappa shape index (κ2) is 4.79. The Morgan fingerprint density at radius 3 is 3.00 bits per heavy atom. The molecule has 6 heteroatoms. The Balaban J connectivity index is 1.78. The normalized spacial score (nSPS) is 18.6. The van der Waals surface area contributed by atoms with E-state index in [2.05, 4.69) is 15.3 Å². The van der Waals surface area contributed by atoms with E-state index in [1.54, 1.807) is 6.33 Å². The first-order chi connectivity index (χ1) is 9.18. The lowest BCUT2D eigenvalue weighted by molar-refractivity contribution is -0.0543. The number of nitrogens with one attached hydrogen (secondary N) is 1. The van der Waals surface area contributed by atoms with Crippen molar-refractivity contribution in [3.8, 4) is 0 Å². The number of hydrogen-bond donors (Lipinski definition) is 2. The van der Waals surface area contributed by atoms with Gasteiger partial charge in [0, 0.05) is 45.8 Å². The number of hydrogen-bond acceptors (Lipinski definition) is 5. The molecule has 0 bridgehead atoms. The molecule has 0 aromatic carbocycles. The van der Waals surface area contributed by atoms with Crippen LogP contribution in [0.5, 0.6) is 0 Å². The fraction of sp³-hybridized carbons (Fsp3) is 0.538. The van der Waals surface area contributed by atoms with E-state index in [-0.39, 0.29) is 0 Å². The summed E-state index contributed by atoms with van der Waals surface area (Å²) in [7, 11) is 1.95. The SMILES string of the molecule is Cn1ccc2c(NCC3(O)CCOCC3)ncnc21. The van der Waals surface area contributed by atoms with Crippen LogP contribution in [-0.2, 0) is 11.8 Å². The third-order valence-corrected chi connectivity index (χ3v) is 3.67. The molecule has 2 N–H and O–H groups in total. The van der Waals surface area contributed by atoms with Gasteiger partial charge >= 0.3 is 0 Å². The first-order valence-electron chi connectivity index (χ1n) is 6.48. The molecular weight excluding hydrogens is 244 g/mol. The highest BCUT2D eigenvalue weighted by Crippen LogP contribution is 2.23.